The maximum absolute atomic E-state index is 12.8. The van der Waals surface area contributed by atoms with Gasteiger partial charge in [-0.3, -0.25) is 19.6 Å². The maximum atomic E-state index is 12.8. The molecule has 0 bridgehead atoms. The summed E-state index contributed by atoms with van der Waals surface area (Å²) < 4.78 is 6.09. The Bertz CT molecular complexity index is 780. The SMILES string of the molecule is O=C1CN(C(=O)c2cncs2)C[C@@H](OCC2CC2)CN1Cc1cccnc1. The predicted octanol–water partition coefficient (Wildman–Crippen LogP) is 1.82. The fourth-order valence-corrected chi connectivity index (χ4v) is 3.72. The molecule has 1 aliphatic heterocycles. The van der Waals surface area contributed by atoms with Gasteiger partial charge in [0.05, 0.1) is 17.8 Å². The van der Waals surface area contributed by atoms with Gasteiger partial charge in [0.2, 0.25) is 5.91 Å². The average Bonchev–Trinajstić information content (AvgIpc) is 3.38. The number of carbonyl (C=O) groups excluding carboxylic acids is 2. The molecule has 2 fully saturated rings. The number of thiazole rings is 1. The van der Waals surface area contributed by atoms with E-state index >= 15 is 0 Å². The molecule has 8 heteroatoms. The summed E-state index contributed by atoms with van der Waals surface area (Å²) in [6, 6.07) is 3.81. The first-order valence-electron chi connectivity index (χ1n) is 9.15. The second-order valence-electron chi connectivity index (χ2n) is 7.09. The van der Waals surface area contributed by atoms with Gasteiger partial charge in [0.1, 0.15) is 11.4 Å². The third-order valence-electron chi connectivity index (χ3n) is 4.82. The quantitative estimate of drug-likeness (QED) is 0.757. The number of nitrogens with zero attached hydrogens (tertiary/aromatic N) is 4. The highest BCUT2D eigenvalue weighted by atomic mass is 32.1. The predicted molar refractivity (Wildman–Crippen MR) is 100 cm³/mol. The van der Waals surface area contributed by atoms with Crippen LogP contribution in [-0.4, -0.2) is 63.9 Å². The van der Waals surface area contributed by atoms with Gasteiger partial charge in [-0.15, -0.1) is 11.3 Å². The van der Waals surface area contributed by atoms with Crippen molar-refractivity contribution in [2.45, 2.75) is 25.5 Å². The smallest absolute Gasteiger partial charge is 0.266 e. The third kappa shape index (κ3) is 4.70. The molecule has 0 unspecified atom stereocenters. The molecule has 1 saturated heterocycles. The molecule has 2 aromatic heterocycles. The van der Waals surface area contributed by atoms with Crippen LogP contribution in [0.25, 0.3) is 0 Å². The highest BCUT2D eigenvalue weighted by molar-refractivity contribution is 7.11. The Morgan fingerprint density at radius 2 is 2.15 bits per heavy atom. The topological polar surface area (TPSA) is 75.6 Å². The Hall–Kier alpha value is -2.32. The number of amides is 2. The number of carbonyl (C=O) groups is 2. The zero-order valence-electron chi connectivity index (χ0n) is 15.0. The van der Waals surface area contributed by atoms with E-state index in [0.29, 0.717) is 37.0 Å². The normalized spacial score (nSPS) is 20.6. The summed E-state index contributed by atoms with van der Waals surface area (Å²) in [5.74, 6) is 0.393. The van der Waals surface area contributed by atoms with Crippen LogP contribution in [0.3, 0.4) is 0 Å². The van der Waals surface area contributed by atoms with E-state index in [1.54, 1.807) is 33.9 Å². The van der Waals surface area contributed by atoms with E-state index in [4.69, 9.17) is 4.74 Å². The van der Waals surface area contributed by atoms with Crippen molar-refractivity contribution in [2.75, 3.05) is 26.2 Å². The first-order valence-corrected chi connectivity index (χ1v) is 10.0. The monoisotopic (exact) mass is 386 g/mol. The van der Waals surface area contributed by atoms with Crippen molar-refractivity contribution in [3.63, 3.8) is 0 Å². The Kier molecular flexibility index (Phi) is 5.45. The second kappa shape index (κ2) is 8.14. The van der Waals surface area contributed by atoms with Crippen molar-refractivity contribution in [3.8, 4) is 0 Å². The summed E-state index contributed by atoms with van der Waals surface area (Å²) in [5.41, 5.74) is 2.59. The van der Waals surface area contributed by atoms with E-state index in [0.717, 1.165) is 5.56 Å². The Morgan fingerprint density at radius 3 is 2.85 bits per heavy atom. The van der Waals surface area contributed by atoms with Crippen LogP contribution in [0, 0.1) is 5.92 Å². The van der Waals surface area contributed by atoms with Gasteiger partial charge in [-0.05, 0) is 30.4 Å². The Balaban J connectivity index is 1.50. The van der Waals surface area contributed by atoms with Crippen LogP contribution >= 0.6 is 11.3 Å². The molecule has 7 nitrogen and oxygen atoms in total. The lowest BCUT2D eigenvalue weighted by Gasteiger charge is -2.24. The molecular weight excluding hydrogens is 364 g/mol. The van der Waals surface area contributed by atoms with Gasteiger partial charge in [0.15, 0.2) is 0 Å². The molecule has 4 rings (SSSR count). The lowest BCUT2D eigenvalue weighted by Crippen LogP contribution is -2.39. The van der Waals surface area contributed by atoms with Crippen molar-refractivity contribution < 1.29 is 14.3 Å². The molecule has 142 valence electrons. The van der Waals surface area contributed by atoms with Crippen molar-refractivity contribution in [3.05, 3.63) is 46.7 Å². The average molecular weight is 386 g/mol. The van der Waals surface area contributed by atoms with Crippen LogP contribution in [0.2, 0.25) is 0 Å². The largest absolute Gasteiger partial charge is 0.374 e. The van der Waals surface area contributed by atoms with Gasteiger partial charge in [0.25, 0.3) is 5.91 Å². The molecule has 3 heterocycles. The molecule has 27 heavy (non-hydrogen) atoms. The number of hydrogen-bond donors (Lipinski definition) is 0. The summed E-state index contributed by atoms with van der Waals surface area (Å²) in [6.45, 7) is 2.12. The highest BCUT2D eigenvalue weighted by Gasteiger charge is 2.33. The molecule has 1 atom stereocenters. The van der Waals surface area contributed by atoms with Gasteiger partial charge in [-0.1, -0.05) is 6.07 Å². The van der Waals surface area contributed by atoms with Gasteiger partial charge in [0, 0.05) is 38.6 Å². The second-order valence-corrected chi connectivity index (χ2v) is 7.97. The van der Waals surface area contributed by atoms with Crippen molar-refractivity contribution in [2.24, 2.45) is 5.92 Å². The first kappa shape index (κ1) is 18.1. The summed E-state index contributed by atoms with van der Waals surface area (Å²) in [6.07, 6.45) is 7.24. The van der Waals surface area contributed by atoms with E-state index < -0.39 is 0 Å². The molecule has 1 saturated carbocycles. The van der Waals surface area contributed by atoms with Crippen LogP contribution in [0.5, 0.6) is 0 Å². The number of ether oxygens (including phenoxy) is 1. The minimum atomic E-state index is -0.189. The fourth-order valence-electron chi connectivity index (χ4n) is 3.14. The van der Waals surface area contributed by atoms with E-state index in [-0.39, 0.29) is 24.5 Å². The minimum Gasteiger partial charge on any atom is -0.374 e. The van der Waals surface area contributed by atoms with Gasteiger partial charge in [-0.2, -0.15) is 0 Å². The van der Waals surface area contributed by atoms with E-state index in [1.807, 2.05) is 12.1 Å². The molecule has 2 aliphatic rings. The molecule has 0 radical (unpaired) electrons. The summed E-state index contributed by atoms with van der Waals surface area (Å²) >= 11 is 1.29. The molecule has 1 aliphatic carbocycles. The number of rotatable bonds is 6. The van der Waals surface area contributed by atoms with Crippen LogP contribution in [-0.2, 0) is 16.1 Å². The summed E-state index contributed by atoms with van der Waals surface area (Å²) in [4.78, 5) is 37.6. The number of hydrogen-bond acceptors (Lipinski definition) is 6. The first-order chi connectivity index (χ1) is 13.2. The number of aromatic nitrogens is 2. The molecule has 2 aromatic rings. The molecular formula is C19H22N4O3S. The molecule has 0 N–H and O–H groups in total. The summed E-state index contributed by atoms with van der Waals surface area (Å²) in [7, 11) is 0. The summed E-state index contributed by atoms with van der Waals surface area (Å²) in [5, 5.41) is 0. The van der Waals surface area contributed by atoms with Crippen molar-refractivity contribution >= 4 is 23.2 Å². The van der Waals surface area contributed by atoms with E-state index in [1.165, 1.54) is 24.2 Å². The molecule has 2 amide bonds. The van der Waals surface area contributed by atoms with Crippen LogP contribution < -0.4 is 0 Å². The number of pyridine rings is 1. The minimum absolute atomic E-state index is 0.0558. The van der Waals surface area contributed by atoms with Crippen LogP contribution in [0.4, 0.5) is 0 Å². The lowest BCUT2D eigenvalue weighted by molar-refractivity contribution is -0.132. The maximum Gasteiger partial charge on any atom is 0.266 e. The van der Waals surface area contributed by atoms with Gasteiger partial charge in [-0.25, -0.2) is 0 Å². The fraction of sp³-hybridized carbons (Fsp3) is 0.474. The van der Waals surface area contributed by atoms with Crippen molar-refractivity contribution in [1.82, 2.24) is 19.8 Å². The zero-order chi connectivity index (χ0) is 18.6. The van der Waals surface area contributed by atoms with E-state index in [2.05, 4.69) is 9.97 Å². The lowest BCUT2D eigenvalue weighted by atomic mass is 10.2. The van der Waals surface area contributed by atoms with Gasteiger partial charge < -0.3 is 14.5 Å². The molecule has 0 aromatic carbocycles. The third-order valence-corrected chi connectivity index (χ3v) is 5.58. The zero-order valence-corrected chi connectivity index (χ0v) is 15.8. The van der Waals surface area contributed by atoms with Crippen molar-refractivity contribution in [1.29, 1.82) is 0 Å². The van der Waals surface area contributed by atoms with Gasteiger partial charge >= 0.3 is 0 Å². The Morgan fingerprint density at radius 1 is 1.26 bits per heavy atom. The van der Waals surface area contributed by atoms with Crippen LogP contribution in [0.1, 0.15) is 28.1 Å². The molecule has 0 spiro atoms. The van der Waals surface area contributed by atoms with E-state index in [9.17, 15) is 9.59 Å². The Labute approximate surface area is 162 Å². The standard InChI is InChI=1S/C19H22N4O3S/c24-18-11-23(19(25)17-7-21-13-27-17)10-16(26-12-14-3-4-14)9-22(18)8-15-2-1-5-20-6-15/h1-2,5-7,13-14,16H,3-4,8-12H2/t16-/m0/s1. The van der Waals surface area contributed by atoms with Crippen LogP contribution in [0.15, 0.2) is 36.2 Å². The highest BCUT2D eigenvalue weighted by Crippen LogP contribution is 2.29.